The van der Waals surface area contributed by atoms with Crippen LogP contribution in [-0.4, -0.2) is 18.7 Å². The van der Waals surface area contributed by atoms with Crippen molar-refractivity contribution in [1.29, 1.82) is 0 Å². The number of carbonyl (C=O) groups excluding carboxylic acids is 1. The van der Waals surface area contributed by atoms with Crippen LogP contribution in [0.25, 0.3) is 0 Å². The molecule has 1 aromatic rings. The molecule has 4 saturated carbocycles. The van der Waals surface area contributed by atoms with E-state index in [0.29, 0.717) is 29.3 Å². The zero-order valence-corrected chi connectivity index (χ0v) is 17.8. The lowest BCUT2D eigenvalue weighted by Crippen LogP contribution is -2.59. The van der Waals surface area contributed by atoms with Crippen LogP contribution in [0.2, 0.25) is 0 Å². The van der Waals surface area contributed by atoms with Crippen LogP contribution in [0, 0.1) is 28.1 Å². The summed E-state index contributed by atoms with van der Waals surface area (Å²) in [7, 11) is 0. The minimum atomic E-state index is -0.220. The maximum atomic E-state index is 13.2. The predicted molar refractivity (Wildman–Crippen MR) is 112 cm³/mol. The average molecular weight is 383 g/mol. The summed E-state index contributed by atoms with van der Waals surface area (Å²) < 4.78 is 5.77. The quantitative estimate of drug-likeness (QED) is 0.545. The van der Waals surface area contributed by atoms with Gasteiger partial charge in [-0.05, 0) is 78.9 Å². The Balaban J connectivity index is 1.42. The molecule has 4 aliphatic rings. The number of carbonyl (C=O) groups is 1. The van der Waals surface area contributed by atoms with Crippen molar-refractivity contribution in [1.82, 2.24) is 5.43 Å². The third-order valence-corrected chi connectivity index (χ3v) is 6.93. The number of hydrazone groups is 1. The van der Waals surface area contributed by atoms with Gasteiger partial charge in [-0.25, -0.2) is 5.43 Å². The fraction of sp³-hybridized carbons (Fsp3) is 0.667. The monoisotopic (exact) mass is 382 g/mol. The van der Waals surface area contributed by atoms with Gasteiger partial charge < -0.3 is 4.74 Å². The zero-order chi connectivity index (χ0) is 20.0. The highest BCUT2D eigenvalue weighted by molar-refractivity contribution is 5.86. The summed E-state index contributed by atoms with van der Waals surface area (Å²) in [6.07, 6.45) is 8.67. The Morgan fingerprint density at radius 2 is 1.93 bits per heavy atom. The van der Waals surface area contributed by atoms with Gasteiger partial charge in [-0.3, -0.25) is 4.79 Å². The lowest BCUT2D eigenvalue weighted by Gasteiger charge is -2.64. The second kappa shape index (κ2) is 6.89. The largest absolute Gasteiger partial charge is 0.493 e. The molecule has 5 rings (SSSR count). The van der Waals surface area contributed by atoms with Gasteiger partial charge in [0.05, 0.1) is 18.2 Å². The Labute approximate surface area is 169 Å². The first-order valence-electron chi connectivity index (χ1n) is 10.8. The number of rotatable bonds is 6. The topological polar surface area (TPSA) is 50.7 Å². The van der Waals surface area contributed by atoms with Crippen LogP contribution in [0.3, 0.4) is 0 Å². The number of benzene rings is 1. The molecule has 4 heteroatoms. The second-order valence-electron chi connectivity index (χ2n) is 10.9. The average Bonchev–Trinajstić information content (AvgIpc) is 2.57. The summed E-state index contributed by atoms with van der Waals surface area (Å²) in [5.74, 6) is 2.15. The van der Waals surface area contributed by atoms with Crippen LogP contribution in [0.15, 0.2) is 29.4 Å². The first kappa shape index (κ1) is 19.5. The van der Waals surface area contributed by atoms with Crippen LogP contribution in [0.4, 0.5) is 0 Å². The summed E-state index contributed by atoms with van der Waals surface area (Å²) in [5, 5.41) is 4.30. The Hall–Kier alpha value is -1.84. The molecule has 1 aromatic carbocycles. The molecule has 4 nitrogen and oxygen atoms in total. The first-order chi connectivity index (χ1) is 13.2. The Kier molecular flexibility index (Phi) is 4.79. The van der Waals surface area contributed by atoms with Crippen LogP contribution < -0.4 is 10.2 Å². The van der Waals surface area contributed by atoms with E-state index < -0.39 is 0 Å². The summed E-state index contributed by atoms with van der Waals surface area (Å²) in [6, 6.07) is 7.85. The van der Waals surface area contributed by atoms with Crippen LogP contribution >= 0.6 is 0 Å². The van der Waals surface area contributed by atoms with Crippen molar-refractivity contribution in [3.63, 3.8) is 0 Å². The van der Waals surface area contributed by atoms with Crippen molar-refractivity contribution in [3.05, 3.63) is 29.8 Å². The fourth-order valence-electron chi connectivity index (χ4n) is 6.93. The van der Waals surface area contributed by atoms with Gasteiger partial charge in [0.2, 0.25) is 5.91 Å². The van der Waals surface area contributed by atoms with E-state index in [-0.39, 0.29) is 11.3 Å². The normalized spacial score (nSPS) is 36.2. The van der Waals surface area contributed by atoms with Crippen LogP contribution in [0.1, 0.15) is 71.8 Å². The molecule has 0 saturated heterocycles. The van der Waals surface area contributed by atoms with Gasteiger partial charge in [0.1, 0.15) is 5.75 Å². The number of hydrogen-bond acceptors (Lipinski definition) is 3. The van der Waals surface area contributed by atoms with Gasteiger partial charge in [0, 0.05) is 0 Å². The van der Waals surface area contributed by atoms with Gasteiger partial charge >= 0.3 is 0 Å². The molecule has 1 N–H and O–H groups in total. The van der Waals surface area contributed by atoms with Gasteiger partial charge in [0.25, 0.3) is 0 Å². The van der Waals surface area contributed by atoms with E-state index in [2.05, 4.69) is 38.2 Å². The summed E-state index contributed by atoms with van der Waals surface area (Å²) >= 11 is 0. The Morgan fingerprint density at radius 3 is 2.57 bits per heavy atom. The summed E-state index contributed by atoms with van der Waals surface area (Å²) in [5.41, 5.74) is 4.26. The maximum Gasteiger partial charge on any atom is 0.246 e. The molecular weight excluding hydrogens is 348 g/mol. The van der Waals surface area contributed by atoms with E-state index in [9.17, 15) is 4.79 Å². The molecule has 1 amide bonds. The standard InChI is InChI=1S/C24H34N2O2/c1-17(2)13-28-20-7-5-6-18(8-20)12-25-26-21(27)24-11-19-9-22(3,15-24)14-23(4,10-19)16-24/h5-8,12,17,19H,9-11,13-16H2,1-4H3,(H,26,27)/b25-12+. The molecule has 0 radical (unpaired) electrons. The summed E-state index contributed by atoms with van der Waals surface area (Å²) in [4.78, 5) is 13.2. The smallest absolute Gasteiger partial charge is 0.246 e. The highest BCUT2D eigenvalue weighted by Crippen LogP contribution is 2.69. The SMILES string of the molecule is CC(C)COc1cccc(/C=N/NC(=O)C23CC4CC(C)(CC(C)(C4)C2)C3)c1. The Morgan fingerprint density at radius 1 is 1.21 bits per heavy atom. The molecule has 4 fully saturated rings. The van der Waals surface area contributed by atoms with Crippen molar-refractivity contribution >= 4 is 12.1 Å². The van der Waals surface area contributed by atoms with Gasteiger partial charge in [0.15, 0.2) is 0 Å². The molecule has 0 aliphatic heterocycles. The third-order valence-electron chi connectivity index (χ3n) is 6.93. The number of nitrogens with one attached hydrogen (secondary N) is 1. The molecule has 28 heavy (non-hydrogen) atoms. The number of hydrogen-bond donors (Lipinski definition) is 1. The first-order valence-corrected chi connectivity index (χ1v) is 10.8. The molecule has 0 spiro atoms. The highest BCUT2D eigenvalue weighted by atomic mass is 16.5. The molecule has 0 aromatic heterocycles. The summed E-state index contributed by atoms with van der Waals surface area (Å²) in [6.45, 7) is 9.74. The van der Waals surface area contributed by atoms with E-state index in [1.807, 2.05) is 24.3 Å². The molecule has 4 bridgehead atoms. The van der Waals surface area contributed by atoms with Crippen LogP contribution in [0.5, 0.6) is 5.75 Å². The number of amides is 1. The van der Waals surface area contributed by atoms with Crippen molar-refractivity contribution < 1.29 is 9.53 Å². The third kappa shape index (κ3) is 3.83. The van der Waals surface area contributed by atoms with E-state index in [1.54, 1.807) is 6.21 Å². The van der Waals surface area contributed by atoms with Gasteiger partial charge in [-0.15, -0.1) is 0 Å². The molecule has 2 unspecified atom stereocenters. The molecule has 0 heterocycles. The highest BCUT2D eigenvalue weighted by Gasteiger charge is 2.62. The van der Waals surface area contributed by atoms with E-state index in [4.69, 9.17) is 4.74 Å². The van der Waals surface area contributed by atoms with E-state index >= 15 is 0 Å². The van der Waals surface area contributed by atoms with Crippen molar-refractivity contribution in [2.45, 2.75) is 66.2 Å². The van der Waals surface area contributed by atoms with E-state index in [0.717, 1.165) is 30.6 Å². The molecular formula is C24H34N2O2. The molecule has 4 aliphatic carbocycles. The minimum Gasteiger partial charge on any atom is -0.493 e. The van der Waals surface area contributed by atoms with E-state index in [1.165, 1.54) is 19.3 Å². The lowest BCUT2D eigenvalue weighted by atomic mass is 9.40. The van der Waals surface area contributed by atoms with Gasteiger partial charge in [-0.1, -0.05) is 39.8 Å². The molecule has 2 atom stereocenters. The number of nitrogens with zero attached hydrogens (tertiary/aromatic N) is 1. The van der Waals surface area contributed by atoms with Crippen LogP contribution in [-0.2, 0) is 4.79 Å². The zero-order valence-electron chi connectivity index (χ0n) is 17.8. The van der Waals surface area contributed by atoms with Crippen molar-refractivity contribution in [2.75, 3.05) is 6.61 Å². The second-order valence-corrected chi connectivity index (χ2v) is 10.9. The maximum absolute atomic E-state index is 13.2. The van der Waals surface area contributed by atoms with Gasteiger partial charge in [-0.2, -0.15) is 5.10 Å². The Bertz CT molecular complexity index is 767. The minimum absolute atomic E-state index is 0.123. The van der Waals surface area contributed by atoms with Crippen molar-refractivity contribution in [3.8, 4) is 5.75 Å². The lowest BCUT2D eigenvalue weighted by molar-refractivity contribution is -0.170. The number of ether oxygens (including phenoxy) is 1. The molecule has 152 valence electrons. The van der Waals surface area contributed by atoms with Crippen molar-refractivity contribution in [2.24, 2.45) is 33.2 Å². The fourth-order valence-corrected chi connectivity index (χ4v) is 6.93. The predicted octanol–water partition coefficient (Wildman–Crippen LogP) is 5.17.